The normalized spacial score (nSPS) is 19.0. The van der Waals surface area contributed by atoms with Gasteiger partial charge in [0.25, 0.3) is 0 Å². The zero-order valence-corrected chi connectivity index (χ0v) is 15.9. The number of carbonyl (C=O) groups excluding carboxylic acids is 1. The number of hydrogen-bond acceptors (Lipinski definition) is 3. The summed E-state index contributed by atoms with van der Waals surface area (Å²) in [6, 6.07) is 17.9. The summed E-state index contributed by atoms with van der Waals surface area (Å²) >= 11 is 6.07. The van der Waals surface area contributed by atoms with Crippen molar-refractivity contribution in [3.63, 3.8) is 0 Å². The number of amides is 1. The van der Waals surface area contributed by atoms with Gasteiger partial charge in [-0.1, -0.05) is 61.0 Å². The summed E-state index contributed by atoms with van der Waals surface area (Å²) < 4.78 is 1.86. The molecule has 2 aromatic carbocycles. The Bertz CT molecular complexity index is 923. The van der Waals surface area contributed by atoms with E-state index in [1.807, 2.05) is 59.0 Å². The third kappa shape index (κ3) is 3.35. The van der Waals surface area contributed by atoms with Crippen molar-refractivity contribution >= 4 is 23.5 Å². The van der Waals surface area contributed by atoms with E-state index in [9.17, 15) is 4.79 Å². The van der Waals surface area contributed by atoms with Gasteiger partial charge in [0, 0.05) is 11.4 Å². The third-order valence-electron chi connectivity index (χ3n) is 4.99. The second kappa shape index (κ2) is 7.53. The van der Waals surface area contributed by atoms with Gasteiger partial charge < -0.3 is 0 Å². The standard InChI is InChI=1S/C21H21ClN4O/c1-2-6-20(27)25-18(15-7-4-3-5-8-15)13-19(26-21(25)23-14-24-26)16-9-11-17(22)12-10-16/h3-5,7-12,14,18-19H,2,6,13H2,1H3/t18-,19+/m0/s1. The van der Waals surface area contributed by atoms with Crippen LogP contribution in [-0.2, 0) is 4.79 Å². The fourth-order valence-corrected chi connectivity index (χ4v) is 3.86. The molecule has 6 heteroatoms. The molecular formula is C21H21ClN4O. The summed E-state index contributed by atoms with van der Waals surface area (Å²) in [4.78, 5) is 19.2. The van der Waals surface area contributed by atoms with Crippen molar-refractivity contribution in [2.45, 2.75) is 38.3 Å². The van der Waals surface area contributed by atoms with E-state index in [-0.39, 0.29) is 18.0 Å². The van der Waals surface area contributed by atoms with Crippen LogP contribution in [0.2, 0.25) is 5.02 Å². The third-order valence-corrected chi connectivity index (χ3v) is 5.25. The summed E-state index contributed by atoms with van der Waals surface area (Å²) in [6.45, 7) is 2.01. The van der Waals surface area contributed by atoms with E-state index >= 15 is 0 Å². The van der Waals surface area contributed by atoms with Crippen LogP contribution >= 0.6 is 11.6 Å². The maximum Gasteiger partial charge on any atom is 0.231 e. The topological polar surface area (TPSA) is 51.0 Å². The van der Waals surface area contributed by atoms with Gasteiger partial charge in [0.15, 0.2) is 0 Å². The molecule has 1 aliphatic heterocycles. The number of benzene rings is 2. The van der Waals surface area contributed by atoms with Crippen LogP contribution in [-0.4, -0.2) is 20.7 Å². The van der Waals surface area contributed by atoms with Crippen LogP contribution in [0.1, 0.15) is 49.4 Å². The minimum absolute atomic E-state index is 0.00403. The van der Waals surface area contributed by atoms with Crippen molar-refractivity contribution in [2.75, 3.05) is 4.90 Å². The molecule has 1 aromatic heterocycles. The molecule has 0 saturated carbocycles. The van der Waals surface area contributed by atoms with Crippen molar-refractivity contribution in [2.24, 2.45) is 0 Å². The molecule has 0 aliphatic carbocycles. The maximum atomic E-state index is 13.0. The molecular weight excluding hydrogens is 360 g/mol. The van der Waals surface area contributed by atoms with Crippen molar-refractivity contribution < 1.29 is 4.79 Å². The summed E-state index contributed by atoms with van der Waals surface area (Å²) in [7, 11) is 0. The number of carbonyl (C=O) groups is 1. The lowest BCUT2D eigenvalue weighted by Gasteiger charge is -2.39. The first kappa shape index (κ1) is 17.7. The minimum Gasteiger partial charge on any atom is -0.274 e. The molecule has 2 atom stereocenters. The summed E-state index contributed by atoms with van der Waals surface area (Å²) in [6.07, 6.45) is 3.54. The summed E-state index contributed by atoms with van der Waals surface area (Å²) in [5.74, 6) is 0.684. The van der Waals surface area contributed by atoms with E-state index in [0.29, 0.717) is 17.4 Å². The second-order valence-corrected chi connectivity index (χ2v) is 7.18. The van der Waals surface area contributed by atoms with Crippen LogP contribution in [0, 0.1) is 0 Å². The molecule has 27 heavy (non-hydrogen) atoms. The first-order valence-electron chi connectivity index (χ1n) is 9.21. The Morgan fingerprint density at radius 2 is 1.78 bits per heavy atom. The molecule has 138 valence electrons. The average Bonchev–Trinajstić information content (AvgIpc) is 3.18. The van der Waals surface area contributed by atoms with E-state index in [2.05, 4.69) is 22.2 Å². The van der Waals surface area contributed by atoms with Crippen molar-refractivity contribution in [3.8, 4) is 0 Å². The lowest BCUT2D eigenvalue weighted by Crippen LogP contribution is -2.42. The van der Waals surface area contributed by atoms with Crippen LogP contribution in [0.5, 0.6) is 0 Å². The molecule has 1 aliphatic rings. The number of rotatable bonds is 4. The van der Waals surface area contributed by atoms with Gasteiger partial charge in [-0.3, -0.25) is 9.69 Å². The molecule has 5 nitrogen and oxygen atoms in total. The van der Waals surface area contributed by atoms with E-state index in [1.54, 1.807) is 0 Å². The first-order valence-corrected chi connectivity index (χ1v) is 9.58. The van der Waals surface area contributed by atoms with Crippen LogP contribution in [0.15, 0.2) is 60.9 Å². The molecule has 0 fully saturated rings. The van der Waals surface area contributed by atoms with Crippen molar-refractivity contribution in [3.05, 3.63) is 77.1 Å². The van der Waals surface area contributed by atoms with Crippen LogP contribution < -0.4 is 4.90 Å². The van der Waals surface area contributed by atoms with Crippen molar-refractivity contribution in [1.82, 2.24) is 14.8 Å². The van der Waals surface area contributed by atoms with Gasteiger partial charge in [-0.05, 0) is 36.1 Å². The Kier molecular flexibility index (Phi) is 4.94. The monoisotopic (exact) mass is 380 g/mol. The highest BCUT2D eigenvalue weighted by molar-refractivity contribution is 6.30. The predicted molar refractivity (Wildman–Crippen MR) is 106 cm³/mol. The number of halogens is 1. The Morgan fingerprint density at radius 1 is 1.07 bits per heavy atom. The molecule has 3 aromatic rings. The minimum atomic E-state index is -0.0809. The fourth-order valence-electron chi connectivity index (χ4n) is 3.73. The second-order valence-electron chi connectivity index (χ2n) is 6.75. The smallest absolute Gasteiger partial charge is 0.231 e. The maximum absolute atomic E-state index is 13.0. The zero-order chi connectivity index (χ0) is 18.8. The summed E-state index contributed by atoms with van der Waals surface area (Å²) in [5, 5.41) is 5.14. The SMILES string of the molecule is CCCC(=O)N1c2ncnn2[C@@H](c2ccc(Cl)cc2)C[C@H]1c1ccccc1. The molecule has 0 radical (unpaired) electrons. The molecule has 4 rings (SSSR count). The van der Waals surface area contributed by atoms with E-state index in [1.165, 1.54) is 6.33 Å². The van der Waals surface area contributed by atoms with E-state index < -0.39 is 0 Å². The molecule has 0 saturated heterocycles. The molecule has 0 spiro atoms. The highest BCUT2D eigenvalue weighted by atomic mass is 35.5. The molecule has 1 amide bonds. The largest absolute Gasteiger partial charge is 0.274 e. The highest BCUT2D eigenvalue weighted by Gasteiger charge is 2.38. The Morgan fingerprint density at radius 3 is 2.48 bits per heavy atom. The van der Waals surface area contributed by atoms with Crippen LogP contribution in [0.3, 0.4) is 0 Å². The van der Waals surface area contributed by atoms with Crippen LogP contribution in [0.25, 0.3) is 0 Å². The van der Waals surface area contributed by atoms with Gasteiger partial charge in [0.1, 0.15) is 6.33 Å². The molecule has 0 unspecified atom stereocenters. The number of nitrogens with zero attached hydrogens (tertiary/aromatic N) is 4. The number of anilines is 1. The van der Waals surface area contributed by atoms with Crippen molar-refractivity contribution in [1.29, 1.82) is 0 Å². The van der Waals surface area contributed by atoms with Crippen LogP contribution in [0.4, 0.5) is 5.95 Å². The Labute approximate surface area is 163 Å². The fraction of sp³-hybridized carbons (Fsp3) is 0.286. The summed E-state index contributed by atoms with van der Waals surface area (Å²) in [5.41, 5.74) is 2.21. The number of hydrogen-bond donors (Lipinski definition) is 0. The van der Waals surface area contributed by atoms with Gasteiger partial charge in [0.05, 0.1) is 12.1 Å². The zero-order valence-electron chi connectivity index (χ0n) is 15.1. The highest BCUT2D eigenvalue weighted by Crippen LogP contribution is 2.42. The molecule has 0 N–H and O–H groups in total. The Balaban J connectivity index is 1.82. The van der Waals surface area contributed by atoms with Gasteiger partial charge in [-0.25, -0.2) is 4.68 Å². The predicted octanol–water partition coefficient (Wildman–Crippen LogP) is 4.80. The van der Waals surface area contributed by atoms with Gasteiger partial charge in [0.2, 0.25) is 11.9 Å². The van der Waals surface area contributed by atoms with Gasteiger partial charge in [-0.2, -0.15) is 10.1 Å². The molecule has 2 heterocycles. The van der Waals surface area contributed by atoms with Gasteiger partial charge >= 0.3 is 0 Å². The molecule has 0 bridgehead atoms. The number of aromatic nitrogens is 3. The lowest BCUT2D eigenvalue weighted by molar-refractivity contribution is -0.119. The van der Waals surface area contributed by atoms with E-state index in [4.69, 9.17) is 11.6 Å². The lowest BCUT2D eigenvalue weighted by atomic mass is 9.91. The van der Waals surface area contributed by atoms with E-state index in [0.717, 1.165) is 24.0 Å². The first-order chi connectivity index (χ1) is 13.2. The average molecular weight is 381 g/mol. The van der Waals surface area contributed by atoms with Gasteiger partial charge in [-0.15, -0.1) is 0 Å². The number of fused-ring (bicyclic) bond motifs is 1. The quantitative estimate of drug-likeness (QED) is 0.653. The Hall–Kier alpha value is -2.66.